The van der Waals surface area contributed by atoms with Gasteiger partial charge in [0.05, 0.1) is 5.69 Å². The minimum atomic E-state index is 0.666. The summed E-state index contributed by atoms with van der Waals surface area (Å²) in [5.41, 5.74) is 2.30. The maximum Gasteiger partial charge on any atom is 0.227 e. The highest BCUT2D eigenvalue weighted by atomic mass is 35.5. The van der Waals surface area contributed by atoms with Gasteiger partial charge in [0, 0.05) is 30.2 Å². The zero-order chi connectivity index (χ0) is 11.7. The van der Waals surface area contributed by atoms with Gasteiger partial charge in [0.25, 0.3) is 0 Å². The minimum Gasteiger partial charge on any atom is -0.341 e. The highest BCUT2D eigenvalue weighted by Gasteiger charge is 2.21. The van der Waals surface area contributed by atoms with Crippen LogP contribution in [0, 0.1) is 0 Å². The molecule has 0 amide bonds. The van der Waals surface area contributed by atoms with E-state index in [1.54, 1.807) is 0 Å². The van der Waals surface area contributed by atoms with Gasteiger partial charge in [0.15, 0.2) is 0 Å². The van der Waals surface area contributed by atoms with E-state index in [0.717, 1.165) is 41.8 Å². The average molecular weight is 270 g/mol. The highest BCUT2D eigenvalue weighted by Crippen LogP contribution is 2.34. The van der Waals surface area contributed by atoms with Gasteiger partial charge in [-0.3, -0.25) is 0 Å². The van der Waals surface area contributed by atoms with Gasteiger partial charge in [-0.05, 0) is 12.8 Å². The van der Waals surface area contributed by atoms with Crippen molar-refractivity contribution in [2.45, 2.75) is 37.2 Å². The Bertz CT molecular complexity index is 416. The molecule has 0 unspecified atom stereocenters. The molecule has 2 aliphatic heterocycles. The van der Waals surface area contributed by atoms with Crippen LogP contribution in [0.25, 0.3) is 0 Å². The van der Waals surface area contributed by atoms with Crippen molar-refractivity contribution >= 4 is 29.3 Å². The van der Waals surface area contributed by atoms with E-state index in [9.17, 15) is 0 Å². The van der Waals surface area contributed by atoms with E-state index in [1.165, 1.54) is 25.7 Å². The van der Waals surface area contributed by atoms with Crippen LogP contribution in [0.15, 0.2) is 0 Å². The second-order valence-corrected chi connectivity index (χ2v) is 5.98. The van der Waals surface area contributed by atoms with Gasteiger partial charge in [0.2, 0.25) is 5.95 Å². The summed E-state index contributed by atoms with van der Waals surface area (Å²) in [6, 6.07) is 0. The first-order chi connectivity index (χ1) is 8.34. The van der Waals surface area contributed by atoms with Gasteiger partial charge < -0.3 is 4.90 Å². The summed E-state index contributed by atoms with van der Waals surface area (Å²) < 4.78 is 0. The van der Waals surface area contributed by atoms with Crippen molar-refractivity contribution in [3.05, 3.63) is 16.4 Å². The first kappa shape index (κ1) is 11.6. The second-order valence-electron chi connectivity index (χ2n) is 4.63. The Labute approximate surface area is 111 Å². The van der Waals surface area contributed by atoms with Crippen molar-refractivity contribution in [2.75, 3.05) is 18.0 Å². The normalized spacial score (nSPS) is 20.2. The van der Waals surface area contributed by atoms with Crippen molar-refractivity contribution in [1.82, 2.24) is 9.97 Å². The SMILES string of the molecule is Clc1nc(N2CCCCCC2)nc2c1CSC2. The van der Waals surface area contributed by atoms with Crippen LogP contribution in [0.4, 0.5) is 5.95 Å². The van der Waals surface area contributed by atoms with Crippen molar-refractivity contribution in [3.8, 4) is 0 Å². The second kappa shape index (κ2) is 5.02. The first-order valence-electron chi connectivity index (χ1n) is 6.22. The number of anilines is 1. The molecule has 0 aromatic carbocycles. The minimum absolute atomic E-state index is 0.666. The molecule has 17 heavy (non-hydrogen) atoms. The highest BCUT2D eigenvalue weighted by molar-refractivity contribution is 7.98. The fraction of sp³-hybridized carbons (Fsp3) is 0.667. The number of thioether (sulfide) groups is 1. The molecule has 0 atom stereocenters. The molecule has 3 rings (SSSR count). The average Bonchev–Trinajstić information content (AvgIpc) is 2.63. The van der Waals surface area contributed by atoms with Crippen molar-refractivity contribution in [2.24, 2.45) is 0 Å². The zero-order valence-corrected chi connectivity index (χ0v) is 11.4. The Morgan fingerprint density at radius 2 is 1.76 bits per heavy atom. The number of nitrogens with zero attached hydrogens (tertiary/aromatic N) is 3. The summed E-state index contributed by atoms with van der Waals surface area (Å²) in [5, 5.41) is 0.666. The Morgan fingerprint density at radius 3 is 2.53 bits per heavy atom. The third-order valence-corrected chi connectivity index (χ3v) is 4.69. The zero-order valence-electron chi connectivity index (χ0n) is 9.78. The van der Waals surface area contributed by atoms with E-state index in [4.69, 9.17) is 11.6 Å². The van der Waals surface area contributed by atoms with Crippen LogP contribution in [-0.2, 0) is 11.5 Å². The molecule has 1 fully saturated rings. The van der Waals surface area contributed by atoms with E-state index >= 15 is 0 Å². The molecule has 3 nitrogen and oxygen atoms in total. The van der Waals surface area contributed by atoms with Gasteiger partial charge in [-0.15, -0.1) is 0 Å². The summed E-state index contributed by atoms with van der Waals surface area (Å²) >= 11 is 8.11. The summed E-state index contributed by atoms with van der Waals surface area (Å²) in [5.74, 6) is 2.80. The molecule has 2 aliphatic rings. The van der Waals surface area contributed by atoms with Gasteiger partial charge in [-0.25, -0.2) is 9.97 Å². The quantitative estimate of drug-likeness (QED) is 0.732. The molecule has 0 radical (unpaired) electrons. The molecule has 0 aliphatic carbocycles. The topological polar surface area (TPSA) is 29.0 Å². The summed E-state index contributed by atoms with van der Waals surface area (Å²) in [4.78, 5) is 11.5. The Morgan fingerprint density at radius 1 is 1.00 bits per heavy atom. The molecular formula is C12H16ClN3S. The molecule has 1 aromatic rings. The third kappa shape index (κ3) is 2.38. The van der Waals surface area contributed by atoms with Gasteiger partial charge >= 0.3 is 0 Å². The monoisotopic (exact) mass is 269 g/mol. The molecule has 1 saturated heterocycles. The van der Waals surface area contributed by atoms with Gasteiger partial charge in [-0.2, -0.15) is 11.8 Å². The van der Waals surface area contributed by atoms with E-state index in [2.05, 4.69) is 14.9 Å². The predicted molar refractivity (Wildman–Crippen MR) is 72.7 cm³/mol. The van der Waals surface area contributed by atoms with Crippen LogP contribution >= 0.6 is 23.4 Å². The fourth-order valence-corrected chi connectivity index (χ4v) is 3.78. The van der Waals surface area contributed by atoms with E-state index in [-0.39, 0.29) is 0 Å². The van der Waals surface area contributed by atoms with Gasteiger partial charge in [-0.1, -0.05) is 24.4 Å². The fourth-order valence-electron chi connectivity index (χ4n) is 2.41. The molecule has 0 spiro atoms. The number of hydrogen-bond acceptors (Lipinski definition) is 4. The molecule has 92 valence electrons. The van der Waals surface area contributed by atoms with Gasteiger partial charge in [0.1, 0.15) is 5.15 Å². The molecule has 5 heteroatoms. The molecule has 1 aromatic heterocycles. The van der Waals surface area contributed by atoms with Crippen molar-refractivity contribution in [1.29, 1.82) is 0 Å². The van der Waals surface area contributed by atoms with E-state index in [1.807, 2.05) is 11.8 Å². The number of rotatable bonds is 1. The smallest absolute Gasteiger partial charge is 0.227 e. The number of halogens is 1. The van der Waals surface area contributed by atoms with Crippen LogP contribution in [0.5, 0.6) is 0 Å². The molecule has 0 saturated carbocycles. The van der Waals surface area contributed by atoms with Crippen LogP contribution in [0.1, 0.15) is 36.9 Å². The summed E-state index contributed by atoms with van der Waals surface area (Å²) in [6.07, 6.45) is 5.13. The van der Waals surface area contributed by atoms with E-state index in [0.29, 0.717) is 5.15 Å². The number of fused-ring (bicyclic) bond motifs is 1. The van der Waals surface area contributed by atoms with Crippen molar-refractivity contribution < 1.29 is 0 Å². The lowest BCUT2D eigenvalue weighted by Gasteiger charge is -2.20. The Balaban J connectivity index is 1.89. The first-order valence-corrected chi connectivity index (χ1v) is 7.76. The maximum absolute atomic E-state index is 6.24. The van der Waals surface area contributed by atoms with Crippen LogP contribution in [0.3, 0.4) is 0 Å². The standard InChI is InChI=1S/C12H16ClN3S/c13-11-9-7-17-8-10(9)14-12(15-11)16-5-3-1-2-4-6-16/h1-8H2. The molecule has 3 heterocycles. The summed E-state index contributed by atoms with van der Waals surface area (Å²) in [7, 11) is 0. The largest absolute Gasteiger partial charge is 0.341 e. The lowest BCUT2D eigenvalue weighted by atomic mass is 10.2. The number of hydrogen-bond donors (Lipinski definition) is 0. The lowest BCUT2D eigenvalue weighted by Crippen LogP contribution is -2.26. The molecule has 0 N–H and O–H groups in total. The van der Waals surface area contributed by atoms with Crippen LogP contribution in [-0.4, -0.2) is 23.1 Å². The number of aromatic nitrogens is 2. The third-order valence-electron chi connectivity index (χ3n) is 3.40. The van der Waals surface area contributed by atoms with E-state index < -0.39 is 0 Å². The molecular weight excluding hydrogens is 254 g/mol. The predicted octanol–water partition coefficient (Wildman–Crippen LogP) is 3.26. The van der Waals surface area contributed by atoms with Crippen LogP contribution in [0.2, 0.25) is 5.15 Å². The van der Waals surface area contributed by atoms with Crippen molar-refractivity contribution in [3.63, 3.8) is 0 Å². The lowest BCUT2D eigenvalue weighted by molar-refractivity contribution is 0.726. The Hall–Kier alpha value is -0.480. The summed E-state index contributed by atoms with van der Waals surface area (Å²) in [6.45, 7) is 2.14. The maximum atomic E-state index is 6.24. The van der Waals surface area contributed by atoms with Crippen LogP contribution < -0.4 is 4.90 Å². The molecule has 0 bridgehead atoms. The Kier molecular flexibility index (Phi) is 3.43.